The molecule has 2 heterocycles. The van der Waals surface area contributed by atoms with Gasteiger partial charge in [-0.15, -0.1) is 0 Å². The van der Waals surface area contributed by atoms with Crippen molar-refractivity contribution in [3.8, 4) is 0 Å². The zero-order valence-corrected chi connectivity index (χ0v) is 11.6. The predicted molar refractivity (Wildman–Crippen MR) is 77.5 cm³/mol. The first-order valence-corrected chi connectivity index (χ1v) is 8.09. The molecule has 1 fully saturated rings. The highest BCUT2D eigenvalue weighted by atomic mass is 32.2. The van der Waals surface area contributed by atoms with Crippen LogP contribution in [-0.4, -0.2) is 33.3 Å². The van der Waals surface area contributed by atoms with Gasteiger partial charge in [-0.3, -0.25) is 4.21 Å². The highest BCUT2D eigenvalue weighted by molar-refractivity contribution is 7.85. The van der Waals surface area contributed by atoms with Crippen LogP contribution < -0.4 is 10.6 Å². The third-order valence-electron chi connectivity index (χ3n) is 3.05. The number of rotatable bonds is 5. The molecule has 0 spiro atoms. The molecule has 1 aliphatic rings. The zero-order valence-electron chi connectivity index (χ0n) is 10.8. The summed E-state index contributed by atoms with van der Waals surface area (Å²) in [6, 6.07) is 6.39. The van der Waals surface area contributed by atoms with Crippen LogP contribution in [0, 0.1) is 0 Å². The lowest BCUT2D eigenvalue weighted by Crippen LogP contribution is -2.29. The van der Waals surface area contributed by atoms with E-state index < -0.39 is 10.8 Å². The lowest BCUT2D eigenvalue weighted by atomic mass is 10.1. The molecule has 0 saturated carbocycles. The van der Waals surface area contributed by atoms with Crippen LogP contribution in [0.5, 0.6) is 0 Å². The van der Waals surface area contributed by atoms with Crippen molar-refractivity contribution in [2.24, 2.45) is 0 Å². The number of aromatic nitrogens is 1. The first kappa shape index (κ1) is 13.3. The zero-order chi connectivity index (χ0) is 12.8. The normalized spacial score (nSPS) is 23.6. The topological polar surface area (TPSA) is 54.0 Å². The van der Waals surface area contributed by atoms with Gasteiger partial charge in [-0.25, -0.2) is 4.98 Å². The molecule has 1 aromatic heterocycles. The van der Waals surface area contributed by atoms with Gasteiger partial charge in [0.1, 0.15) is 11.6 Å². The van der Waals surface area contributed by atoms with Crippen LogP contribution in [0.2, 0.25) is 0 Å². The van der Waals surface area contributed by atoms with Crippen molar-refractivity contribution >= 4 is 22.4 Å². The van der Waals surface area contributed by atoms with Gasteiger partial charge in [-0.2, -0.15) is 0 Å². The molecule has 0 bridgehead atoms. The van der Waals surface area contributed by atoms with Crippen LogP contribution in [0.25, 0.3) is 0 Å². The van der Waals surface area contributed by atoms with E-state index in [2.05, 4.69) is 22.5 Å². The fourth-order valence-corrected chi connectivity index (χ4v) is 3.31. The molecule has 1 aromatic rings. The molecule has 0 atom stereocenters. The van der Waals surface area contributed by atoms with E-state index in [0.29, 0.717) is 6.04 Å². The van der Waals surface area contributed by atoms with Gasteiger partial charge >= 0.3 is 0 Å². The van der Waals surface area contributed by atoms with E-state index in [9.17, 15) is 4.21 Å². The highest BCUT2D eigenvalue weighted by Gasteiger charge is 2.17. The monoisotopic (exact) mass is 267 g/mol. The third-order valence-corrected chi connectivity index (χ3v) is 4.43. The number of hydrogen-bond donors (Lipinski definition) is 2. The Bertz CT molecular complexity index is 401. The second-order valence-electron chi connectivity index (χ2n) is 4.60. The van der Waals surface area contributed by atoms with E-state index in [0.717, 1.165) is 48.9 Å². The van der Waals surface area contributed by atoms with Crippen molar-refractivity contribution in [2.45, 2.75) is 32.2 Å². The number of nitrogens with zero attached hydrogens (tertiary/aromatic N) is 1. The Morgan fingerprint density at radius 1 is 1.33 bits per heavy atom. The quantitative estimate of drug-likeness (QED) is 0.859. The van der Waals surface area contributed by atoms with Gasteiger partial charge < -0.3 is 10.6 Å². The maximum absolute atomic E-state index is 11.3. The van der Waals surface area contributed by atoms with E-state index in [1.54, 1.807) is 0 Å². The summed E-state index contributed by atoms with van der Waals surface area (Å²) in [4.78, 5) is 4.53. The minimum absolute atomic E-state index is 0.414. The Morgan fingerprint density at radius 3 is 2.78 bits per heavy atom. The van der Waals surface area contributed by atoms with Gasteiger partial charge in [-0.05, 0) is 31.4 Å². The molecular weight excluding hydrogens is 246 g/mol. The molecule has 4 nitrogen and oxygen atoms in total. The molecule has 18 heavy (non-hydrogen) atoms. The Kier molecular flexibility index (Phi) is 4.99. The molecular formula is C13H21N3OS. The van der Waals surface area contributed by atoms with E-state index in [1.165, 1.54) is 0 Å². The number of nitrogens with one attached hydrogen (secondary N) is 2. The molecule has 5 heteroatoms. The highest BCUT2D eigenvalue weighted by Crippen LogP contribution is 2.16. The first-order valence-electron chi connectivity index (χ1n) is 6.60. The van der Waals surface area contributed by atoms with E-state index in [1.807, 2.05) is 18.2 Å². The number of anilines is 2. The largest absolute Gasteiger partial charge is 0.370 e. The second kappa shape index (κ2) is 6.73. The van der Waals surface area contributed by atoms with Crippen molar-refractivity contribution in [1.82, 2.24) is 4.98 Å². The fraction of sp³-hybridized carbons (Fsp3) is 0.615. The number of hydrogen-bond acceptors (Lipinski definition) is 4. The molecule has 0 unspecified atom stereocenters. The van der Waals surface area contributed by atoms with Crippen LogP contribution in [-0.2, 0) is 10.8 Å². The maximum atomic E-state index is 11.3. The van der Waals surface area contributed by atoms with E-state index >= 15 is 0 Å². The summed E-state index contributed by atoms with van der Waals surface area (Å²) in [6.07, 6.45) is 3.04. The van der Waals surface area contributed by atoms with Gasteiger partial charge in [0.25, 0.3) is 0 Å². The van der Waals surface area contributed by atoms with Gasteiger partial charge in [0.15, 0.2) is 0 Å². The van der Waals surface area contributed by atoms with Gasteiger partial charge in [0, 0.05) is 34.9 Å². The van der Waals surface area contributed by atoms with E-state index in [4.69, 9.17) is 0 Å². The smallest absolute Gasteiger partial charge is 0.128 e. The standard InChI is InChI=1S/C13H21N3OS/c1-2-8-14-12-4-3-5-13(16-12)15-11-6-9-18(17)10-7-11/h3-5,11H,2,6-10H2,1H3,(H2,14,15,16). The Morgan fingerprint density at radius 2 is 2.06 bits per heavy atom. The molecule has 0 radical (unpaired) electrons. The Labute approximate surface area is 111 Å². The lowest BCUT2D eigenvalue weighted by Gasteiger charge is -2.23. The van der Waals surface area contributed by atoms with Crippen molar-refractivity contribution in [3.05, 3.63) is 18.2 Å². The molecule has 2 N–H and O–H groups in total. The summed E-state index contributed by atoms with van der Waals surface area (Å²) in [5.74, 6) is 3.45. The third kappa shape index (κ3) is 3.98. The second-order valence-corrected chi connectivity index (χ2v) is 6.30. The number of pyridine rings is 1. The summed E-state index contributed by atoms with van der Waals surface area (Å²) < 4.78 is 11.3. The van der Waals surface area contributed by atoms with Crippen molar-refractivity contribution in [3.63, 3.8) is 0 Å². The average molecular weight is 267 g/mol. The summed E-state index contributed by atoms with van der Waals surface area (Å²) in [5.41, 5.74) is 0. The van der Waals surface area contributed by atoms with Crippen molar-refractivity contribution in [1.29, 1.82) is 0 Å². The molecule has 2 rings (SSSR count). The van der Waals surface area contributed by atoms with Crippen LogP contribution in [0.15, 0.2) is 18.2 Å². The molecule has 0 amide bonds. The van der Waals surface area contributed by atoms with Crippen LogP contribution in [0.4, 0.5) is 11.6 Å². The molecule has 0 aromatic carbocycles. The minimum Gasteiger partial charge on any atom is -0.370 e. The van der Waals surface area contributed by atoms with Gasteiger partial charge in [0.2, 0.25) is 0 Å². The molecule has 1 aliphatic heterocycles. The van der Waals surface area contributed by atoms with Crippen LogP contribution in [0.3, 0.4) is 0 Å². The Hall–Kier alpha value is -1.10. The summed E-state index contributed by atoms with van der Waals surface area (Å²) in [7, 11) is -0.600. The van der Waals surface area contributed by atoms with Crippen LogP contribution in [0.1, 0.15) is 26.2 Å². The van der Waals surface area contributed by atoms with Crippen LogP contribution >= 0.6 is 0 Å². The summed E-state index contributed by atoms with van der Waals surface area (Å²) in [6.45, 7) is 3.08. The Balaban J connectivity index is 1.90. The summed E-state index contributed by atoms with van der Waals surface area (Å²) in [5, 5.41) is 6.71. The maximum Gasteiger partial charge on any atom is 0.128 e. The summed E-state index contributed by atoms with van der Waals surface area (Å²) >= 11 is 0. The van der Waals surface area contributed by atoms with E-state index in [-0.39, 0.29) is 0 Å². The average Bonchev–Trinajstić information content (AvgIpc) is 2.40. The van der Waals surface area contributed by atoms with Crippen molar-refractivity contribution in [2.75, 3.05) is 28.7 Å². The minimum atomic E-state index is -0.600. The SMILES string of the molecule is CCCNc1cccc(NC2CCS(=O)CC2)n1. The lowest BCUT2D eigenvalue weighted by molar-refractivity contribution is 0.622. The first-order chi connectivity index (χ1) is 8.78. The molecule has 1 saturated heterocycles. The fourth-order valence-electron chi connectivity index (χ4n) is 2.01. The molecule has 0 aliphatic carbocycles. The predicted octanol–water partition coefficient (Wildman–Crippen LogP) is 2.23. The van der Waals surface area contributed by atoms with Gasteiger partial charge in [-0.1, -0.05) is 13.0 Å². The van der Waals surface area contributed by atoms with Gasteiger partial charge in [0.05, 0.1) is 0 Å². The molecule has 100 valence electrons. The van der Waals surface area contributed by atoms with Crippen molar-refractivity contribution < 1.29 is 4.21 Å².